The lowest BCUT2D eigenvalue weighted by Crippen LogP contribution is -2.39. The van der Waals surface area contributed by atoms with E-state index < -0.39 is 18.0 Å². The summed E-state index contributed by atoms with van der Waals surface area (Å²) in [6.07, 6.45) is 0.480. The highest BCUT2D eigenvalue weighted by Gasteiger charge is 2.27. The van der Waals surface area contributed by atoms with Gasteiger partial charge in [-0.3, -0.25) is 9.59 Å². The fourth-order valence-corrected chi connectivity index (χ4v) is 2.76. The van der Waals surface area contributed by atoms with Gasteiger partial charge in [-0.05, 0) is 0 Å². The molecule has 1 heterocycles. The Balaban J connectivity index is 2.18. The summed E-state index contributed by atoms with van der Waals surface area (Å²) in [6.45, 7) is 0.323. The lowest BCUT2D eigenvalue weighted by molar-refractivity contribution is -0.141. The lowest BCUT2D eigenvalue weighted by Gasteiger charge is -2.08. The van der Waals surface area contributed by atoms with Gasteiger partial charge in [0.1, 0.15) is 9.57 Å². The van der Waals surface area contributed by atoms with Crippen LogP contribution in [-0.4, -0.2) is 50.6 Å². The van der Waals surface area contributed by atoms with Gasteiger partial charge in [0.15, 0.2) is 0 Å². The van der Waals surface area contributed by atoms with E-state index in [1.165, 1.54) is 0 Å². The molecule has 1 atom stereocenters. The number of thiocarbonyl (C=S) groups is 1. The normalized spacial score (nSPS) is 18.2. The van der Waals surface area contributed by atoms with Crippen LogP contribution in [-0.2, 0) is 19.1 Å². The fourth-order valence-electron chi connectivity index (χ4n) is 1.15. The lowest BCUT2D eigenvalue weighted by atomic mass is 10.2. The zero-order valence-corrected chi connectivity index (χ0v) is 11.7. The number of nitrogens with one attached hydrogen (secondary N) is 1. The van der Waals surface area contributed by atoms with Crippen molar-refractivity contribution in [2.24, 2.45) is 0 Å². The summed E-state index contributed by atoms with van der Waals surface area (Å²) < 4.78 is 5.09. The van der Waals surface area contributed by atoms with Crippen LogP contribution >= 0.6 is 35.7 Å². The Hall–Kier alpha value is -0.800. The summed E-state index contributed by atoms with van der Waals surface area (Å²) in [6, 6.07) is -0.571. The van der Waals surface area contributed by atoms with E-state index >= 15 is 0 Å². The Morgan fingerprint density at radius 1 is 1.44 bits per heavy atom. The van der Waals surface area contributed by atoms with Crippen molar-refractivity contribution in [3.05, 3.63) is 0 Å². The molecule has 0 aromatic rings. The first-order valence-electron chi connectivity index (χ1n) is 4.96. The fraction of sp³-hybridized carbons (Fsp3) is 0.556. The molecule has 0 spiro atoms. The van der Waals surface area contributed by atoms with Gasteiger partial charge in [-0.25, -0.2) is 4.79 Å². The van der Waals surface area contributed by atoms with E-state index in [9.17, 15) is 14.4 Å². The molecule has 1 fully saturated rings. The van der Waals surface area contributed by atoms with Crippen molar-refractivity contribution in [2.45, 2.75) is 12.5 Å². The molecule has 100 valence electrons. The van der Waals surface area contributed by atoms with Gasteiger partial charge in [-0.1, -0.05) is 35.7 Å². The maximum Gasteiger partial charge on any atom is 0.328 e. The number of thioether (sulfide) groups is 2. The molecule has 1 saturated heterocycles. The minimum Gasteiger partial charge on any atom is -0.481 e. The van der Waals surface area contributed by atoms with Gasteiger partial charge in [0.25, 0.3) is 0 Å². The Morgan fingerprint density at radius 2 is 2.11 bits per heavy atom. The Kier molecular flexibility index (Phi) is 6.44. The summed E-state index contributed by atoms with van der Waals surface area (Å²) in [7, 11) is 0. The molecule has 2 N–H and O–H groups in total. The van der Waals surface area contributed by atoms with E-state index in [4.69, 9.17) is 22.1 Å². The second kappa shape index (κ2) is 7.59. The van der Waals surface area contributed by atoms with Gasteiger partial charge >= 0.3 is 11.9 Å². The summed E-state index contributed by atoms with van der Waals surface area (Å²) in [5, 5.41) is 11.0. The summed E-state index contributed by atoms with van der Waals surface area (Å²) in [5.41, 5.74) is 0. The van der Waals surface area contributed by atoms with Gasteiger partial charge in [-0.2, -0.15) is 0 Å². The highest BCUT2D eigenvalue weighted by atomic mass is 32.2. The number of hydrogen-bond acceptors (Lipinski definition) is 7. The van der Waals surface area contributed by atoms with Crippen molar-refractivity contribution in [2.75, 3.05) is 18.1 Å². The van der Waals surface area contributed by atoms with Crippen LogP contribution in [0.2, 0.25) is 0 Å². The molecule has 1 rings (SSSR count). The van der Waals surface area contributed by atoms with Crippen molar-refractivity contribution < 1.29 is 24.2 Å². The molecule has 0 bridgehead atoms. The molecule has 18 heavy (non-hydrogen) atoms. The molecule has 1 unspecified atom stereocenters. The number of amides is 1. The zero-order chi connectivity index (χ0) is 13.5. The number of ether oxygens (including phenoxy) is 1. The van der Waals surface area contributed by atoms with E-state index in [1.807, 2.05) is 0 Å². The van der Waals surface area contributed by atoms with Gasteiger partial charge in [0.05, 0.1) is 18.1 Å². The van der Waals surface area contributed by atoms with E-state index in [2.05, 4.69) is 5.32 Å². The number of aliphatic carboxylic acids is 1. The number of esters is 1. The SMILES string of the molecule is O=C(O)CSC(=S)SCC(=O)NC1CCOC1=O. The first kappa shape index (κ1) is 15.3. The molecule has 0 aromatic carbocycles. The number of cyclic esters (lactones) is 1. The summed E-state index contributed by atoms with van der Waals surface area (Å²) >= 11 is 6.96. The Morgan fingerprint density at radius 3 is 2.67 bits per heavy atom. The smallest absolute Gasteiger partial charge is 0.328 e. The molecular formula is C9H11NO5S3. The van der Waals surface area contributed by atoms with Crippen molar-refractivity contribution >= 4 is 57.1 Å². The minimum absolute atomic E-state index is 0.0647. The molecule has 0 aromatic heterocycles. The Bertz CT molecular complexity index is 373. The van der Waals surface area contributed by atoms with Gasteiger partial charge in [0, 0.05) is 6.42 Å². The van der Waals surface area contributed by atoms with E-state index in [0.717, 1.165) is 23.5 Å². The third kappa shape index (κ3) is 5.69. The van der Waals surface area contributed by atoms with Crippen molar-refractivity contribution in [1.82, 2.24) is 5.32 Å². The Labute approximate surface area is 117 Å². The predicted octanol–water partition coefficient (Wildman–Crippen LogP) is 0.254. The second-order valence-corrected chi connectivity index (χ2v) is 6.45. The molecule has 6 nitrogen and oxygen atoms in total. The maximum absolute atomic E-state index is 11.5. The van der Waals surface area contributed by atoms with Crippen LogP contribution in [0, 0.1) is 0 Å². The van der Waals surface area contributed by atoms with Crippen LogP contribution in [0.25, 0.3) is 0 Å². The first-order valence-corrected chi connectivity index (χ1v) is 7.34. The number of carbonyl (C=O) groups is 3. The quantitative estimate of drug-likeness (QED) is 0.552. The first-order chi connectivity index (χ1) is 8.49. The molecule has 1 aliphatic heterocycles. The largest absolute Gasteiger partial charge is 0.481 e. The molecular weight excluding hydrogens is 298 g/mol. The number of carbonyl (C=O) groups excluding carboxylic acids is 2. The standard InChI is InChI=1S/C9H11NO5S3/c11-6(10-5-1-2-15-8(5)14)3-17-9(16)18-4-7(12)13/h5H,1-4H2,(H,10,11)(H,12,13). The summed E-state index contributed by atoms with van der Waals surface area (Å²) in [4.78, 5) is 32.8. The number of carboxylic acids is 1. The monoisotopic (exact) mass is 309 g/mol. The molecule has 0 saturated carbocycles. The van der Waals surface area contributed by atoms with E-state index in [1.54, 1.807) is 0 Å². The number of rotatable bonds is 5. The third-order valence-electron chi connectivity index (χ3n) is 1.91. The van der Waals surface area contributed by atoms with Crippen molar-refractivity contribution in [3.8, 4) is 0 Å². The second-order valence-electron chi connectivity index (χ2n) is 3.30. The number of hydrogen-bond donors (Lipinski definition) is 2. The summed E-state index contributed by atoms with van der Waals surface area (Å²) in [5.74, 6) is -1.75. The average Bonchev–Trinajstić information content (AvgIpc) is 2.69. The third-order valence-corrected chi connectivity index (χ3v) is 4.59. The van der Waals surface area contributed by atoms with Crippen LogP contribution in [0.4, 0.5) is 0 Å². The van der Waals surface area contributed by atoms with Crippen LogP contribution in [0.5, 0.6) is 0 Å². The van der Waals surface area contributed by atoms with Crippen molar-refractivity contribution in [1.29, 1.82) is 0 Å². The van der Waals surface area contributed by atoms with Crippen LogP contribution < -0.4 is 5.32 Å². The molecule has 0 aliphatic carbocycles. The maximum atomic E-state index is 11.5. The topological polar surface area (TPSA) is 92.7 Å². The predicted molar refractivity (Wildman–Crippen MR) is 72.7 cm³/mol. The molecule has 1 amide bonds. The highest BCUT2D eigenvalue weighted by molar-refractivity contribution is 8.47. The van der Waals surface area contributed by atoms with Gasteiger partial charge in [0.2, 0.25) is 5.91 Å². The highest BCUT2D eigenvalue weighted by Crippen LogP contribution is 2.17. The van der Waals surface area contributed by atoms with Crippen molar-refractivity contribution in [3.63, 3.8) is 0 Å². The van der Waals surface area contributed by atoms with Gasteiger partial charge in [-0.15, -0.1) is 0 Å². The van der Waals surface area contributed by atoms with Crippen LogP contribution in [0.1, 0.15) is 6.42 Å². The average molecular weight is 309 g/mol. The van der Waals surface area contributed by atoms with Crippen LogP contribution in [0.3, 0.4) is 0 Å². The molecule has 9 heteroatoms. The van der Waals surface area contributed by atoms with Gasteiger partial charge < -0.3 is 15.2 Å². The number of carboxylic acid groups (broad SMARTS) is 1. The van der Waals surface area contributed by atoms with Crippen LogP contribution in [0.15, 0.2) is 0 Å². The molecule has 1 aliphatic rings. The zero-order valence-electron chi connectivity index (χ0n) is 9.21. The van der Waals surface area contributed by atoms with E-state index in [0.29, 0.717) is 16.6 Å². The minimum atomic E-state index is -0.957. The molecule has 0 radical (unpaired) electrons. The van der Waals surface area contributed by atoms with E-state index in [-0.39, 0.29) is 17.4 Å².